The van der Waals surface area contributed by atoms with Gasteiger partial charge in [-0.1, -0.05) is 38.2 Å². The third-order valence-electron chi connectivity index (χ3n) is 3.90. The monoisotopic (exact) mass is 254 g/mol. The molecule has 0 heterocycles. The van der Waals surface area contributed by atoms with Crippen LogP contribution >= 0.6 is 0 Å². The average Bonchev–Trinajstić information content (AvgIpc) is 2.40. The molecule has 1 unspecified atom stereocenters. The van der Waals surface area contributed by atoms with Gasteiger partial charge in [0.05, 0.1) is 6.10 Å². The van der Waals surface area contributed by atoms with Gasteiger partial charge in [0.25, 0.3) is 0 Å². The molecule has 0 aliphatic heterocycles. The molecule has 1 aromatic carbocycles. The zero-order chi connectivity index (χ0) is 13.0. The second-order valence-corrected chi connectivity index (χ2v) is 5.27. The van der Waals surface area contributed by atoms with Crippen molar-refractivity contribution < 1.29 is 13.9 Å². The second-order valence-electron chi connectivity index (χ2n) is 5.27. The highest BCUT2D eigenvalue weighted by molar-refractivity contribution is 5.19. The maximum Gasteiger partial charge on any atom is 0.159 e. The van der Waals surface area contributed by atoms with Gasteiger partial charge in [0.15, 0.2) is 11.6 Å². The third-order valence-corrected chi connectivity index (χ3v) is 3.90. The summed E-state index contributed by atoms with van der Waals surface area (Å²) in [6.07, 6.45) is 7.30. The van der Waals surface area contributed by atoms with Gasteiger partial charge in [-0.2, -0.15) is 0 Å². The van der Waals surface area contributed by atoms with Gasteiger partial charge < -0.3 is 5.11 Å². The molecule has 3 heteroatoms. The molecule has 18 heavy (non-hydrogen) atoms. The Morgan fingerprint density at radius 3 is 2.50 bits per heavy atom. The molecule has 0 saturated heterocycles. The summed E-state index contributed by atoms with van der Waals surface area (Å²) in [5.41, 5.74) is 0.477. The van der Waals surface area contributed by atoms with E-state index in [1.165, 1.54) is 38.2 Å². The number of benzene rings is 1. The lowest BCUT2D eigenvalue weighted by atomic mass is 9.85. The molecule has 1 N–H and O–H groups in total. The van der Waals surface area contributed by atoms with Crippen molar-refractivity contribution in [3.8, 4) is 0 Å². The van der Waals surface area contributed by atoms with Crippen LogP contribution in [0.1, 0.15) is 56.6 Å². The van der Waals surface area contributed by atoms with Crippen molar-refractivity contribution in [2.45, 2.75) is 51.0 Å². The fraction of sp³-hybridized carbons (Fsp3) is 0.600. The minimum atomic E-state index is -0.885. The van der Waals surface area contributed by atoms with Crippen molar-refractivity contribution in [1.82, 2.24) is 0 Å². The van der Waals surface area contributed by atoms with Crippen molar-refractivity contribution >= 4 is 0 Å². The van der Waals surface area contributed by atoms with Crippen LogP contribution in [-0.4, -0.2) is 5.11 Å². The van der Waals surface area contributed by atoms with E-state index in [1.54, 1.807) is 0 Å². The quantitative estimate of drug-likeness (QED) is 0.846. The average molecular weight is 254 g/mol. The van der Waals surface area contributed by atoms with Gasteiger partial charge in [-0.15, -0.1) is 0 Å². The molecule has 1 aliphatic rings. The lowest BCUT2D eigenvalue weighted by Gasteiger charge is -2.22. The van der Waals surface area contributed by atoms with Crippen molar-refractivity contribution in [3.05, 3.63) is 35.4 Å². The first-order chi connectivity index (χ1) is 8.66. The van der Waals surface area contributed by atoms with Crippen LogP contribution in [0.5, 0.6) is 0 Å². The van der Waals surface area contributed by atoms with Crippen LogP contribution in [0.2, 0.25) is 0 Å². The van der Waals surface area contributed by atoms with Crippen LogP contribution in [-0.2, 0) is 0 Å². The Bertz CT molecular complexity index is 386. The van der Waals surface area contributed by atoms with Gasteiger partial charge in [-0.25, -0.2) is 8.78 Å². The zero-order valence-electron chi connectivity index (χ0n) is 10.5. The maximum atomic E-state index is 13.0. The standard InChI is InChI=1S/C15H20F2O/c16-13-8-7-12(10-14(13)17)15(18)9-6-11-4-2-1-3-5-11/h7-8,10-11,15,18H,1-6,9H2. The van der Waals surface area contributed by atoms with E-state index in [0.717, 1.165) is 18.6 Å². The summed E-state index contributed by atoms with van der Waals surface area (Å²) in [6, 6.07) is 3.64. The van der Waals surface area contributed by atoms with Crippen molar-refractivity contribution in [1.29, 1.82) is 0 Å². The number of hydrogen-bond acceptors (Lipinski definition) is 1. The van der Waals surface area contributed by atoms with E-state index in [4.69, 9.17) is 0 Å². The molecular formula is C15H20F2O. The highest BCUT2D eigenvalue weighted by Gasteiger charge is 2.16. The molecule has 0 amide bonds. The fourth-order valence-electron chi connectivity index (χ4n) is 2.76. The normalized spacial score (nSPS) is 18.8. The van der Waals surface area contributed by atoms with Crippen molar-refractivity contribution in [2.24, 2.45) is 5.92 Å². The Morgan fingerprint density at radius 2 is 1.83 bits per heavy atom. The predicted molar refractivity (Wildman–Crippen MR) is 67.1 cm³/mol. The number of rotatable bonds is 4. The first-order valence-electron chi connectivity index (χ1n) is 6.80. The lowest BCUT2D eigenvalue weighted by molar-refractivity contribution is 0.151. The molecule has 1 fully saturated rings. The van der Waals surface area contributed by atoms with Gasteiger partial charge in [0.2, 0.25) is 0 Å². The van der Waals surface area contributed by atoms with Crippen LogP contribution in [0.3, 0.4) is 0 Å². The minimum Gasteiger partial charge on any atom is -0.388 e. The number of aliphatic hydroxyl groups is 1. The highest BCUT2D eigenvalue weighted by atomic mass is 19.2. The third kappa shape index (κ3) is 3.52. The van der Waals surface area contributed by atoms with Gasteiger partial charge in [0.1, 0.15) is 0 Å². The van der Waals surface area contributed by atoms with Crippen LogP contribution in [0, 0.1) is 17.6 Å². The number of halogens is 2. The first kappa shape index (κ1) is 13.5. The van der Waals surface area contributed by atoms with E-state index in [9.17, 15) is 13.9 Å². The Balaban J connectivity index is 1.86. The van der Waals surface area contributed by atoms with Gasteiger partial charge >= 0.3 is 0 Å². The lowest BCUT2D eigenvalue weighted by Crippen LogP contribution is -2.08. The Labute approximate surface area is 107 Å². The Hall–Kier alpha value is -0.960. The molecule has 0 radical (unpaired) electrons. The topological polar surface area (TPSA) is 20.2 Å². The van der Waals surface area contributed by atoms with E-state index in [0.29, 0.717) is 17.9 Å². The van der Waals surface area contributed by atoms with Gasteiger partial charge in [-0.05, 0) is 36.5 Å². The molecular weight excluding hydrogens is 234 g/mol. The summed E-state index contributed by atoms with van der Waals surface area (Å²) in [7, 11) is 0. The fourth-order valence-corrected chi connectivity index (χ4v) is 2.76. The van der Waals surface area contributed by atoms with Crippen LogP contribution in [0.15, 0.2) is 18.2 Å². The minimum absolute atomic E-state index is 0.477. The van der Waals surface area contributed by atoms with Gasteiger partial charge in [0, 0.05) is 0 Å². The molecule has 0 bridgehead atoms. The zero-order valence-corrected chi connectivity index (χ0v) is 10.5. The molecule has 1 nitrogen and oxygen atoms in total. The van der Waals surface area contributed by atoms with E-state index in [1.807, 2.05) is 0 Å². The van der Waals surface area contributed by atoms with Crippen molar-refractivity contribution in [2.75, 3.05) is 0 Å². The number of aliphatic hydroxyl groups excluding tert-OH is 1. The summed E-state index contributed by atoms with van der Waals surface area (Å²) in [5.74, 6) is -1.05. The summed E-state index contributed by atoms with van der Waals surface area (Å²) < 4.78 is 25.8. The van der Waals surface area contributed by atoms with E-state index < -0.39 is 17.7 Å². The molecule has 1 atom stereocenters. The molecule has 1 saturated carbocycles. The summed E-state index contributed by atoms with van der Waals surface area (Å²) in [4.78, 5) is 0. The Morgan fingerprint density at radius 1 is 1.11 bits per heavy atom. The predicted octanol–water partition coefficient (Wildman–Crippen LogP) is 4.36. The molecule has 0 aromatic heterocycles. The maximum absolute atomic E-state index is 13.0. The SMILES string of the molecule is OC(CCC1CCCCC1)c1ccc(F)c(F)c1. The summed E-state index contributed by atoms with van der Waals surface area (Å²) in [6.45, 7) is 0. The summed E-state index contributed by atoms with van der Waals surface area (Å²) in [5, 5.41) is 9.98. The molecule has 2 rings (SSSR count). The highest BCUT2D eigenvalue weighted by Crippen LogP contribution is 2.30. The Kier molecular flexibility index (Phi) is 4.70. The van der Waals surface area contributed by atoms with Gasteiger partial charge in [-0.3, -0.25) is 0 Å². The van der Waals surface area contributed by atoms with Crippen LogP contribution in [0.25, 0.3) is 0 Å². The molecule has 1 aliphatic carbocycles. The molecule has 0 spiro atoms. The van der Waals surface area contributed by atoms with E-state index in [2.05, 4.69) is 0 Å². The first-order valence-corrected chi connectivity index (χ1v) is 6.80. The second kappa shape index (κ2) is 6.28. The summed E-state index contributed by atoms with van der Waals surface area (Å²) >= 11 is 0. The van der Waals surface area contributed by atoms with E-state index >= 15 is 0 Å². The largest absolute Gasteiger partial charge is 0.388 e. The van der Waals surface area contributed by atoms with Crippen LogP contribution < -0.4 is 0 Å². The van der Waals surface area contributed by atoms with Crippen molar-refractivity contribution in [3.63, 3.8) is 0 Å². The smallest absolute Gasteiger partial charge is 0.159 e. The molecule has 1 aromatic rings. The van der Waals surface area contributed by atoms with E-state index in [-0.39, 0.29) is 0 Å². The number of hydrogen-bond donors (Lipinski definition) is 1. The molecule has 100 valence electrons. The van der Waals surface area contributed by atoms with Crippen LogP contribution in [0.4, 0.5) is 8.78 Å².